The molecule has 1 amide bonds. The number of hydrogen-bond donors (Lipinski definition) is 2. The van der Waals surface area contributed by atoms with Gasteiger partial charge in [-0.2, -0.15) is 0 Å². The van der Waals surface area contributed by atoms with E-state index in [9.17, 15) is 13.2 Å². The van der Waals surface area contributed by atoms with Gasteiger partial charge in [0.25, 0.3) is 0 Å². The largest absolute Gasteiger partial charge is 0.490 e. The van der Waals surface area contributed by atoms with Gasteiger partial charge < -0.3 is 10.1 Å². The number of aryl methyl sites for hydroxylation is 2. The van der Waals surface area contributed by atoms with Crippen LogP contribution in [0.1, 0.15) is 64.2 Å². The van der Waals surface area contributed by atoms with Crippen LogP contribution in [0.3, 0.4) is 0 Å². The fourth-order valence-corrected chi connectivity index (χ4v) is 4.56. The summed E-state index contributed by atoms with van der Waals surface area (Å²) in [7, 11) is -3.53. The minimum absolute atomic E-state index is 0.00544. The number of amides is 1. The van der Waals surface area contributed by atoms with Crippen LogP contribution >= 0.6 is 0 Å². The van der Waals surface area contributed by atoms with Crippen molar-refractivity contribution in [2.45, 2.75) is 73.0 Å². The number of carbonyl (C=O) groups is 1. The van der Waals surface area contributed by atoms with Crippen molar-refractivity contribution in [3.8, 4) is 5.75 Å². The van der Waals surface area contributed by atoms with Gasteiger partial charge in [-0.1, -0.05) is 31.2 Å². The maximum atomic E-state index is 12.6. The molecule has 0 bridgehead atoms. The number of sulfonamides is 1. The topological polar surface area (TPSA) is 84.5 Å². The average Bonchev–Trinajstić information content (AvgIpc) is 2.72. The molecule has 6 nitrogen and oxygen atoms in total. The van der Waals surface area contributed by atoms with Gasteiger partial charge in [0, 0.05) is 22.6 Å². The van der Waals surface area contributed by atoms with Crippen LogP contribution in [0.4, 0.5) is 5.69 Å². The zero-order chi connectivity index (χ0) is 25.5. The lowest BCUT2D eigenvalue weighted by molar-refractivity contribution is -0.119. The summed E-state index contributed by atoms with van der Waals surface area (Å²) in [6.45, 7) is 13.4. The molecule has 2 aromatic rings. The predicted molar refractivity (Wildman–Crippen MR) is 140 cm³/mol. The SMILES string of the molecule is Cc1ccc(C)c(OC(C)CCC(C)C(=O)Nc2ccc(C=CS(=O)(=O)NC(C)(C)C)cc2)c1. The van der Waals surface area contributed by atoms with E-state index < -0.39 is 15.6 Å². The summed E-state index contributed by atoms with van der Waals surface area (Å²) in [5, 5.41) is 4.08. The number of carbonyl (C=O) groups excluding carboxylic acids is 1. The molecule has 2 unspecified atom stereocenters. The van der Waals surface area contributed by atoms with Crippen LogP contribution < -0.4 is 14.8 Å². The molecule has 2 atom stereocenters. The first kappa shape index (κ1) is 27.6. The van der Waals surface area contributed by atoms with Gasteiger partial charge in [0.05, 0.1) is 6.10 Å². The molecular formula is C27H38N2O4S. The fraction of sp³-hybridized carbons (Fsp3) is 0.444. The Bertz CT molecular complexity index is 1100. The number of nitrogens with one attached hydrogen (secondary N) is 2. The Hall–Kier alpha value is -2.64. The number of anilines is 1. The Morgan fingerprint density at radius 2 is 1.68 bits per heavy atom. The van der Waals surface area contributed by atoms with Gasteiger partial charge >= 0.3 is 0 Å². The highest BCUT2D eigenvalue weighted by Gasteiger charge is 2.18. The molecule has 0 spiro atoms. The lowest BCUT2D eigenvalue weighted by Crippen LogP contribution is -2.39. The van der Waals surface area contributed by atoms with E-state index in [0.29, 0.717) is 12.1 Å². The zero-order valence-corrected chi connectivity index (χ0v) is 22.1. The average molecular weight is 487 g/mol. The van der Waals surface area contributed by atoms with Gasteiger partial charge in [0.15, 0.2) is 0 Å². The van der Waals surface area contributed by atoms with E-state index in [-0.39, 0.29) is 17.9 Å². The first-order valence-corrected chi connectivity index (χ1v) is 13.2. The number of rotatable bonds is 10. The van der Waals surface area contributed by atoms with Crippen LogP contribution in [0.15, 0.2) is 47.9 Å². The van der Waals surface area contributed by atoms with Crippen molar-refractivity contribution in [2.24, 2.45) is 5.92 Å². The Morgan fingerprint density at radius 3 is 2.29 bits per heavy atom. The molecule has 2 rings (SSSR count). The maximum Gasteiger partial charge on any atom is 0.234 e. The second-order valence-corrected chi connectivity index (χ2v) is 11.6. The summed E-state index contributed by atoms with van der Waals surface area (Å²) in [6.07, 6.45) is 3.01. The Morgan fingerprint density at radius 1 is 1.03 bits per heavy atom. The molecule has 2 aromatic carbocycles. The predicted octanol–water partition coefficient (Wildman–Crippen LogP) is 5.81. The molecule has 0 saturated carbocycles. The van der Waals surface area contributed by atoms with Gasteiger partial charge in [0.1, 0.15) is 5.75 Å². The van der Waals surface area contributed by atoms with E-state index in [2.05, 4.69) is 22.2 Å². The molecule has 2 N–H and O–H groups in total. The quantitative estimate of drug-likeness (QED) is 0.443. The monoisotopic (exact) mass is 486 g/mol. The smallest absolute Gasteiger partial charge is 0.234 e. The number of hydrogen-bond acceptors (Lipinski definition) is 4. The van der Waals surface area contributed by atoms with Gasteiger partial charge in [-0.15, -0.1) is 0 Å². The van der Waals surface area contributed by atoms with Crippen molar-refractivity contribution in [1.29, 1.82) is 0 Å². The highest BCUT2D eigenvalue weighted by atomic mass is 32.2. The molecule has 0 aliphatic heterocycles. The molecule has 0 radical (unpaired) electrons. The third-order valence-corrected chi connectivity index (χ3v) is 6.58. The van der Waals surface area contributed by atoms with Crippen molar-refractivity contribution in [3.05, 3.63) is 64.6 Å². The van der Waals surface area contributed by atoms with Crippen molar-refractivity contribution in [3.63, 3.8) is 0 Å². The third-order valence-electron chi connectivity index (χ3n) is 5.19. The summed E-state index contributed by atoms with van der Waals surface area (Å²) in [4.78, 5) is 12.6. The molecule has 0 heterocycles. The van der Waals surface area contributed by atoms with E-state index in [0.717, 1.165) is 34.3 Å². The minimum Gasteiger partial charge on any atom is -0.490 e. The van der Waals surface area contributed by atoms with E-state index in [1.807, 2.05) is 33.8 Å². The first-order valence-electron chi connectivity index (χ1n) is 11.6. The summed E-state index contributed by atoms with van der Waals surface area (Å²) >= 11 is 0. The number of ether oxygens (including phenoxy) is 1. The van der Waals surface area contributed by atoms with Crippen LogP contribution in [-0.2, 0) is 14.8 Å². The normalized spacial score (nSPS) is 14.1. The third kappa shape index (κ3) is 9.69. The van der Waals surface area contributed by atoms with E-state index in [1.165, 1.54) is 6.08 Å². The van der Waals surface area contributed by atoms with E-state index in [1.54, 1.807) is 45.0 Å². The summed E-state index contributed by atoms with van der Waals surface area (Å²) in [5.41, 5.74) is 3.11. The highest BCUT2D eigenvalue weighted by molar-refractivity contribution is 7.92. The van der Waals surface area contributed by atoms with Gasteiger partial charge in [-0.25, -0.2) is 13.1 Å². The summed E-state index contributed by atoms with van der Waals surface area (Å²) in [6, 6.07) is 13.2. The molecule has 186 valence electrons. The zero-order valence-electron chi connectivity index (χ0n) is 21.3. The van der Waals surface area contributed by atoms with Gasteiger partial charge in [-0.05, 0) is 95.3 Å². The molecule has 0 fully saturated rings. The van der Waals surface area contributed by atoms with Crippen LogP contribution in [0.5, 0.6) is 5.75 Å². The lowest BCUT2D eigenvalue weighted by atomic mass is 10.0. The standard InChI is InChI=1S/C27H38N2O4S/c1-19-8-9-20(2)25(18-19)33-22(4)11-10-21(3)26(30)28-24-14-12-23(13-15-24)16-17-34(31,32)29-27(5,6)7/h8-9,12-18,21-22,29H,10-11H2,1-7H3,(H,28,30). The Balaban J connectivity index is 1.85. The van der Waals surface area contributed by atoms with E-state index >= 15 is 0 Å². The molecular weight excluding hydrogens is 448 g/mol. The second-order valence-electron chi connectivity index (χ2n) is 9.99. The fourth-order valence-electron chi connectivity index (χ4n) is 3.30. The first-order chi connectivity index (χ1) is 15.7. The van der Waals surface area contributed by atoms with Crippen molar-refractivity contribution < 1.29 is 17.9 Å². The minimum atomic E-state index is -3.53. The molecule has 0 saturated heterocycles. The van der Waals surface area contributed by atoms with Gasteiger partial charge in [0.2, 0.25) is 15.9 Å². The van der Waals surface area contributed by atoms with Crippen LogP contribution in [-0.4, -0.2) is 26.0 Å². The molecule has 0 aliphatic carbocycles. The van der Waals surface area contributed by atoms with Crippen LogP contribution in [0, 0.1) is 19.8 Å². The van der Waals surface area contributed by atoms with Gasteiger partial charge in [-0.3, -0.25) is 4.79 Å². The lowest BCUT2D eigenvalue weighted by Gasteiger charge is -2.19. The maximum absolute atomic E-state index is 12.6. The number of benzene rings is 2. The van der Waals surface area contributed by atoms with Crippen LogP contribution in [0.2, 0.25) is 0 Å². The molecule has 0 aromatic heterocycles. The van der Waals surface area contributed by atoms with Crippen molar-refractivity contribution >= 4 is 27.7 Å². The molecule has 34 heavy (non-hydrogen) atoms. The second kappa shape index (κ2) is 11.7. The van der Waals surface area contributed by atoms with Crippen molar-refractivity contribution in [2.75, 3.05) is 5.32 Å². The summed E-state index contributed by atoms with van der Waals surface area (Å²) < 4.78 is 32.8. The molecule has 7 heteroatoms. The van der Waals surface area contributed by atoms with Crippen molar-refractivity contribution in [1.82, 2.24) is 4.72 Å². The highest BCUT2D eigenvalue weighted by Crippen LogP contribution is 2.22. The Labute approximate surface area is 204 Å². The van der Waals surface area contributed by atoms with E-state index in [4.69, 9.17) is 4.74 Å². The van der Waals surface area contributed by atoms with Crippen LogP contribution in [0.25, 0.3) is 6.08 Å². The summed E-state index contributed by atoms with van der Waals surface area (Å²) in [5.74, 6) is 0.665. The molecule has 0 aliphatic rings. The Kier molecular flexibility index (Phi) is 9.47.